The summed E-state index contributed by atoms with van der Waals surface area (Å²) in [5, 5.41) is 1.00. The van der Waals surface area contributed by atoms with Gasteiger partial charge in [-0.1, -0.05) is 24.2 Å². The second kappa shape index (κ2) is 4.46. The number of hydrogen-bond donors (Lipinski definition) is 1. The van der Waals surface area contributed by atoms with Gasteiger partial charge in [-0.25, -0.2) is 4.98 Å². The Labute approximate surface area is 123 Å². The predicted molar refractivity (Wildman–Crippen MR) is 53.4 cm³/mol. The topological polar surface area (TPSA) is 26.0 Å². The molecule has 12 heavy (non-hydrogen) atoms. The van der Waals surface area contributed by atoms with Crippen molar-refractivity contribution >= 4 is 86.7 Å². The van der Waals surface area contributed by atoms with Crippen LogP contribution in [0.4, 0.5) is 0 Å². The number of oxazole rings is 1. The molecule has 0 radical (unpaired) electrons. The predicted octanol–water partition coefficient (Wildman–Crippen LogP) is 2.12. The summed E-state index contributed by atoms with van der Waals surface area (Å²) in [7, 11) is 0. The quantitative estimate of drug-likeness (QED) is 0.549. The van der Waals surface area contributed by atoms with Crippen LogP contribution in [0, 0.1) is 0 Å². The van der Waals surface area contributed by atoms with Crippen molar-refractivity contribution in [1.29, 1.82) is 0 Å². The van der Waals surface area contributed by atoms with Gasteiger partial charge in [-0.15, -0.1) is 0 Å². The molecule has 0 amide bonds. The molecule has 0 spiro atoms. The van der Waals surface area contributed by atoms with Crippen LogP contribution >= 0.6 is 24.2 Å². The van der Waals surface area contributed by atoms with Crippen LogP contribution in [0.3, 0.4) is 0 Å². The average molecular weight is 226 g/mol. The molecular weight excluding hydrogens is 221 g/mol. The van der Waals surface area contributed by atoms with E-state index in [0.29, 0.717) is 15.8 Å². The van der Waals surface area contributed by atoms with Crippen LogP contribution in [-0.4, -0.2) is 56.4 Å². The zero-order chi connectivity index (χ0) is 7.84. The number of aromatic nitrogens is 1. The fraction of sp³-hybridized carbons (Fsp3) is 0. The normalized spacial score (nSPS) is 9.83. The Morgan fingerprint density at radius 3 is 2.92 bits per heavy atom. The molecule has 2 nitrogen and oxygen atoms in total. The molecule has 0 unspecified atom stereocenters. The van der Waals surface area contributed by atoms with Crippen molar-refractivity contribution in [3.05, 3.63) is 23.2 Å². The SMILES string of the molecule is Sc1nc2ccc(Cl)cc2o1.[KH]. The fourth-order valence-corrected chi connectivity index (χ4v) is 1.25. The number of nitrogens with zero attached hydrogens (tertiary/aromatic N) is 1. The van der Waals surface area contributed by atoms with Crippen molar-refractivity contribution in [2.75, 3.05) is 0 Å². The van der Waals surface area contributed by atoms with E-state index >= 15 is 0 Å². The summed E-state index contributed by atoms with van der Waals surface area (Å²) >= 11 is 9.67. The summed E-state index contributed by atoms with van der Waals surface area (Å²) in [6.07, 6.45) is 0. The van der Waals surface area contributed by atoms with E-state index in [-0.39, 0.29) is 51.4 Å². The van der Waals surface area contributed by atoms with E-state index in [1.54, 1.807) is 18.2 Å². The van der Waals surface area contributed by atoms with Crippen LogP contribution in [-0.2, 0) is 0 Å². The van der Waals surface area contributed by atoms with Crippen molar-refractivity contribution < 1.29 is 4.42 Å². The van der Waals surface area contributed by atoms with E-state index in [2.05, 4.69) is 17.6 Å². The van der Waals surface area contributed by atoms with Crippen LogP contribution in [0.25, 0.3) is 11.1 Å². The Kier molecular flexibility index (Phi) is 4.10. The van der Waals surface area contributed by atoms with E-state index in [1.807, 2.05) is 0 Å². The number of rotatable bonds is 0. The van der Waals surface area contributed by atoms with Crippen molar-refractivity contribution in [3.63, 3.8) is 0 Å². The first kappa shape index (κ1) is 11.0. The number of fused-ring (bicyclic) bond motifs is 1. The Bertz CT molecular complexity index is 403. The number of halogens is 1. The van der Waals surface area contributed by atoms with Crippen LogP contribution in [0.15, 0.2) is 27.8 Å². The Morgan fingerprint density at radius 1 is 1.42 bits per heavy atom. The van der Waals surface area contributed by atoms with Crippen molar-refractivity contribution in [2.24, 2.45) is 0 Å². The number of hydrogen-bond acceptors (Lipinski definition) is 3. The van der Waals surface area contributed by atoms with Crippen LogP contribution < -0.4 is 0 Å². The standard InChI is InChI=1S/C7H4ClNOS.K.H/c8-4-1-2-5-6(3-4)10-7(11)9-5;;/h1-3H,(H,9,11);;. The summed E-state index contributed by atoms with van der Waals surface area (Å²) in [6, 6.07) is 5.27. The summed E-state index contributed by atoms with van der Waals surface area (Å²) in [5.74, 6) is 0. The second-order valence-corrected chi connectivity index (χ2v) is 2.93. The van der Waals surface area contributed by atoms with Crippen LogP contribution in [0.2, 0.25) is 5.02 Å². The third-order valence-electron chi connectivity index (χ3n) is 1.34. The summed E-state index contributed by atoms with van der Waals surface area (Å²) in [6.45, 7) is 0. The van der Waals surface area contributed by atoms with Gasteiger partial charge in [0.2, 0.25) is 0 Å². The molecule has 1 heterocycles. The van der Waals surface area contributed by atoms with Gasteiger partial charge in [-0.2, -0.15) is 0 Å². The summed E-state index contributed by atoms with van der Waals surface area (Å²) in [5.41, 5.74) is 1.45. The van der Waals surface area contributed by atoms with Crippen LogP contribution in [0.5, 0.6) is 0 Å². The van der Waals surface area contributed by atoms with E-state index in [4.69, 9.17) is 16.0 Å². The van der Waals surface area contributed by atoms with Gasteiger partial charge >= 0.3 is 51.4 Å². The van der Waals surface area contributed by atoms with Gasteiger partial charge in [-0.3, -0.25) is 0 Å². The summed E-state index contributed by atoms with van der Waals surface area (Å²) in [4.78, 5) is 3.99. The summed E-state index contributed by atoms with van der Waals surface area (Å²) < 4.78 is 5.12. The maximum atomic E-state index is 5.72. The van der Waals surface area contributed by atoms with Gasteiger partial charge in [0.05, 0.1) is 0 Å². The second-order valence-electron chi connectivity index (χ2n) is 2.11. The first-order valence-electron chi connectivity index (χ1n) is 3.01. The van der Waals surface area contributed by atoms with Crippen molar-refractivity contribution in [1.82, 2.24) is 4.98 Å². The third kappa shape index (κ3) is 2.26. The van der Waals surface area contributed by atoms with Gasteiger partial charge in [0.15, 0.2) is 5.58 Å². The van der Waals surface area contributed by atoms with Gasteiger partial charge in [0.25, 0.3) is 5.22 Å². The maximum absolute atomic E-state index is 5.72. The fourth-order valence-electron chi connectivity index (χ4n) is 0.886. The molecule has 1 aromatic carbocycles. The zero-order valence-corrected chi connectivity index (χ0v) is 7.06. The molecule has 2 rings (SSSR count). The molecule has 1 aromatic heterocycles. The van der Waals surface area contributed by atoms with Gasteiger partial charge in [-0.05, 0) is 12.1 Å². The average Bonchev–Trinajstić information content (AvgIpc) is 2.27. The first-order chi connectivity index (χ1) is 5.25. The molecule has 0 aliphatic heterocycles. The van der Waals surface area contributed by atoms with E-state index in [9.17, 15) is 0 Å². The van der Waals surface area contributed by atoms with Gasteiger partial charge in [0.1, 0.15) is 5.52 Å². The monoisotopic (exact) mass is 225 g/mol. The Morgan fingerprint density at radius 2 is 2.17 bits per heavy atom. The molecule has 0 saturated carbocycles. The minimum absolute atomic E-state index is 0. The van der Waals surface area contributed by atoms with E-state index in [0.717, 1.165) is 5.52 Å². The molecular formula is C7H5ClKNOS. The molecule has 0 N–H and O–H groups in total. The van der Waals surface area contributed by atoms with Crippen molar-refractivity contribution in [2.45, 2.75) is 5.22 Å². The van der Waals surface area contributed by atoms with E-state index < -0.39 is 0 Å². The molecule has 0 bridgehead atoms. The first-order valence-corrected chi connectivity index (χ1v) is 3.83. The Hall–Kier alpha value is 0.966. The van der Waals surface area contributed by atoms with Crippen molar-refractivity contribution in [3.8, 4) is 0 Å². The third-order valence-corrected chi connectivity index (χ3v) is 1.77. The van der Waals surface area contributed by atoms with Gasteiger partial charge in [0, 0.05) is 11.1 Å². The minimum atomic E-state index is 0. The molecule has 0 saturated heterocycles. The zero-order valence-electron chi connectivity index (χ0n) is 5.41. The number of benzene rings is 1. The molecule has 58 valence electrons. The number of thiol groups is 1. The molecule has 0 fully saturated rings. The Balaban J connectivity index is 0.000000720. The molecule has 5 heteroatoms. The molecule has 0 aliphatic rings. The molecule has 0 aliphatic carbocycles. The van der Waals surface area contributed by atoms with E-state index in [1.165, 1.54) is 0 Å². The van der Waals surface area contributed by atoms with Crippen LogP contribution in [0.1, 0.15) is 0 Å². The molecule has 0 atom stereocenters. The molecule has 2 aromatic rings. The van der Waals surface area contributed by atoms with Gasteiger partial charge < -0.3 is 4.42 Å².